The number of amides is 3. The van der Waals surface area contributed by atoms with Gasteiger partial charge in [-0.25, -0.2) is 0 Å². The maximum atomic E-state index is 13.5. The highest BCUT2D eigenvalue weighted by molar-refractivity contribution is 7.98. The molecule has 2 unspecified atom stereocenters. The zero-order chi connectivity index (χ0) is 32.1. The predicted molar refractivity (Wildman–Crippen MR) is 176 cm³/mol. The van der Waals surface area contributed by atoms with E-state index in [1.54, 1.807) is 33.2 Å². The van der Waals surface area contributed by atoms with Gasteiger partial charge in [0, 0.05) is 30.3 Å². The van der Waals surface area contributed by atoms with E-state index in [0.29, 0.717) is 11.3 Å². The molecule has 0 saturated carbocycles. The van der Waals surface area contributed by atoms with Crippen LogP contribution in [0, 0.1) is 5.41 Å². The summed E-state index contributed by atoms with van der Waals surface area (Å²) >= 11 is 1.14. The van der Waals surface area contributed by atoms with E-state index >= 15 is 0 Å². The highest BCUT2D eigenvalue weighted by Gasteiger charge is 2.40. The van der Waals surface area contributed by atoms with Gasteiger partial charge >= 0.3 is 0 Å². The van der Waals surface area contributed by atoms with Crippen LogP contribution in [0.1, 0.15) is 67.4 Å². The van der Waals surface area contributed by atoms with E-state index < -0.39 is 22.9 Å². The van der Waals surface area contributed by atoms with Crippen molar-refractivity contribution in [1.82, 2.24) is 20.3 Å². The van der Waals surface area contributed by atoms with Crippen LogP contribution in [0.5, 0.6) is 0 Å². The van der Waals surface area contributed by atoms with E-state index in [-0.39, 0.29) is 24.3 Å². The van der Waals surface area contributed by atoms with Crippen molar-refractivity contribution in [3.8, 4) is 0 Å². The molecule has 0 aliphatic heterocycles. The Hall–Kier alpha value is -3.30. The van der Waals surface area contributed by atoms with Crippen molar-refractivity contribution >= 4 is 35.4 Å². The van der Waals surface area contributed by atoms with Gasteiger partial charge in [-0.15, -0.1) is 0 Å². The maximum Gasteiger partial charge on any atom is 0.256 e. The molecule has 0 radical (unpaired) electrons. The van der Waals surface area contributed by atoms with Gasteiger partial charge < -0.3 is 21.3 Å². The van der Waals surface area contributed by atoms with Crippen LogP contribution in [-0.4, -0.2) is 55.3 Å². The number of nitrogens with two attached hydrogens (primary N) is 1. The summed E-state index contributed by atoms with van der Waals surface area (Å²) in [7, 11) is 3.41. The van der Waals surface area contributed by atoms with E-state index in [0.717, 1.165) is 22.4 Å². The fraction of sp³-hybridized carbons (Fsp3) is 0.485. The molecule has 2 atom stereocenters. The summed E-state index contributed by atoms with van der Waals surface area (Å²) < 4.78 is 2.77. The largest absolute Gasteiger partial charge is 0.398 e. The number of nitrogens with zero attached hydrogens (tertiary/aromatic N) is 1. The quantitative estimate of drug-likeness (QED) is 0.159. The van der Waals surface area contributed by atoms with E-state index in [2.05, 4.69) is 29.2 Å². The Kier molecular flexibility index (Phi) is 14.8. The lowest BCUT2D eigenvalue weighted by Crippen LogP contribution is -2.60. The van der Waals surface area contributed by atoms with Gasteiger partial charge in [-0.1, -0.05) is 103 Å². The summed E-state index contributed by atoms with van der Waals surface area (Å²) in [6.07, 6.45) is 2.94. The SMILES string of the molecule is CCC.CNC(C(=O)NC(C(=O)N(C)C/C=C(\C)C(=O)NSc1ccccc1N)C(C)(C)C)C(C)(C)c1ccccc1. The number of anilines is 1. The highest BCUT2D eigenvalue weighted by atomic mass is 32.2. The molecule has 0 spiro atoms. The van der Waals surface area contributed by atoms with Crippen molar-refractivity contribution in [3.05, 3.63) is 71.8 Å². The van der Waals surface area contributed by atoms with Gasteiger partial charge in [0.2, 0.25) is 11.8 Å². The van der Waals surface area contributed by atoms with Crippen LogP contribution in [0.2, 0.25) is 0 Å². The molecule has 42 heavy (non-hydrogen) atoms. The molecular formula is C33H51N5O3S. The van der Waals surface area contributed by atoms with Crippen LogP contribution in [0.25, 0.3) is 0 Å². The highest BCUT2D eigenvalue weighted by Crippen LogP contribution is 2.28. The second kappa shape index (κ2) is 17.0. The molecule has 2 aromatic rings. The van der Waals surface area contributed by atoms with Gasteiger partial charge in [-0.2, -0.15) is 0 Å². The summed E-state index contributed by atoms with van der Waals surface area (Å²) in [5.74, 6) is -0.764. The Labute approximate surface area is 257 Å². The Morgan fingerprint density at radius 1 is 0.952 bits per heavy atom. The van der Waals surface area contributed by atoms with Crippen LogP contribution in [0.3, 0.4) is 0 Å². The van der Waals surface area contributed by atoms with Crippen molar-refractivity contribution in [2.45, 2.75) is 84.2 Å². The molecule has 0 aliphatic rings. The normalized spacial score (nSPS) is 13.2. The fourth-order valence-corrected chi connectivity index (χ4v) is 4.86. The molecule has 5 N–H and O–H groups in total. The number of carbonyl (C=O) groups is 3. The Morgan fingerprint density at radius 3 is 2.02 bits per heavy atom. The number of nitrogens with one attached hydrogen (secondary N) is 3. The molecule has 8 nitrogen and oxygen atoms in total. The van der Waals surface area contributed by atoms with Gasteiger partial charge in [0.1, 0.15) is 6.04 Å². The summed E-state index contributed by atoms with van der Waals surface area (Å²) in [6, 6.07) is 15.8. The molecule has 2 rings (SSSR count). The monoisotopic (exact) mass is 597 g/mol. The lowest BCUT2D eigenvalue weighted by Gasteiger charge is -2.38. The second-order valence-electron chi connectivity index (χ2n) is 12.0. The van der Waals surface area contributed by atoms with Crippen LogP contribution in [-0.2, 0) is 19.8 Å². The third-order valence-electron chi connectivity index (χ3n) is 6.77. The first kappa shape index (κ1) is 36.7. The van der Waals surface area contributed by atoms with Crippen molar-refractivity contribution in [1.29, 1.82) is 0 Å². The Morgan fingerprint density at radius 2 is 1.50 bits per heavy atom. The number of nitrogen functional groups attached to an aromatic ring is 1. The van der Waals surface area contributed by atoms with Gasteiger partial charge in [0.05, 0.1) is 10.9 Å². The Bertz CT molecular complexity index is 1190. The van der Waals surface area contributed by atoms with Gasteiger partial charge in [0.25, 0.3) is 5.91 Å². The minimum Gasteiger partial charge on any atom is -0.398 e. The van der Waals surface area contributed by atoms with Crippen LogP contribution >= 0.6 is 11.9 Å². The molecule has 0 aliphatic carbocycles. The lowest BCUT2D eigenvalue weighted by atomic mass is 9.76. The smallest absolute Gasteiger partial charge is 0.256 e. The topological polar surface area (TPSA) is 117 Å². The second-order valence-corrected chi connectivity index (χ2v) is 12.8. The maximum absolute atomic E-state index is 13.5. The van der Waals surface area contributed by atoms with Crippen LogP contribution in [0.15, 0.2) is 71.1 Å². The first-order valence-electron chi connectivity index (χ1n) is 14.4. The average molecular weight is 598 g/mol. The summed E-state index contributed by atoms with van der Waals surface area (Å²) in [5, 5.41) is 6.16. The zero-order valence-electron chi connectivity index (χ0n) is 27.0. The number of hydrogen-bond donors (Lipinski definition) is 4. The summed E-state index contributed by atoms with van der Waals surface area (Å²) in [5.41, 5.74) is 6.93. The number of benzene rings is 2. The van der Waals surface area contributed by atoms with Gasteiger partial charge in [-0.3, -0.25) is 19.1 Å². The Balaban J connectivity index is 0.00000281. The summed E-state index contributed by atoms with van der Waals surface area (Å²) in [6.45, 7) is 15.9. The molecule has 2 aromatic carbocycles. The number of rotatable bonds is 11. The minimum atomic E-state index is -0.767. The van der Waals surface area contributed by atoms with E-state index in [1.165, 1.54) is 11.3 Å². The van der Waals surface area contributed by atoms with Crippen molar-refractivity contribution < 1.29 is 14.4 Å². The van der Waals surface area contributed by atoms with Crippen molar-refractivity contribution in [2.75, 3.05) is 26.4 Å². The third-order valence-corrected chi connectivity index (χ3v) is 7.65. The molecular weight excluding hydrogens is 546 g/mol. The molecule has 232 valence electrons. The number of para-hydroxylation sites is 1. The van der Waals surface area contributed by atoms with Crippen molar-refractivity contribution in [3.63, 3.8) is 0 Å². The summed E-state index contributed by atoms with van der Waals surface area (Å²) in [4.78, 5) is 41.9. The molecule has 0 fully saturated rings. The van der Waals surface area contributed by atoms with Crippen LogP contribution < -0.4 is 21.1 Å². The minimum absolute atomic E-state index is 0.212. The van der Waals surface area contributed by atoms with Gasteiger partial charge in [-0.05, 0) is 49.0 Å². The molecule has 0 aromatic heterocycles. The van der Waals surface area contributed by atoms with E-state index in [9.17, 15) is 14.4 Å². The van der Waals surface area contributed by atoms with Gasteiger partial charge in [0.15, 0.2) is 0 Å². The first-order valence-corrected chi connectivity index (χ1v) is 15.2. The molecule has 0 saturated heterocycles. The molecule has 3 amide bonds. The van der Waals surface area contributed by atoms with E-state index in [4.69, 9.17) is 5.73 Å². The zero-order valence-corrected chi connectivity index (χ0v) is 27.8. The number of carbonyl (C=O) groups excluding carboxylic acids is 3. The molecule has 0 bridgehead atoms. The molecule has 0 heterocycles. The number of hydrogen-bond acceptors (Lipinski definition) is 6. The average Bonchev–Trinajstić information content (AvgIpc) is 2.94. The lowest BCUT2D eigenvalue weighted by molar-refractivity contribution is -0.139. The van der Waals surface area contributed by atoms with E-state index in [1.807, 2.05) is 83.1 Å². The third kappa shape index (κ3) is 10.8. The van der Waals surface area contributed by atoms with Crippen molar-refractivity contribution in [2.24, 2.45) is 5.41 Å². The van der Waals surface area contributed by atoms with Crippen LogP contribution in [0.4, 0.5) is 5.69 Å². The molecule has 9 heteroatoms. The standard InChI is InChI=1S/C30H43N5O3S.C3H8/c1-20(26(36)34-39-23-17-13-12-16-22(23)31)18-19-35(8)28(38)25(29(2,3)4)33-27(37)24(32-7)30(5,6)21-14-10-9-11-15-21;1-3-2/h9-18,24-25,32H,19,31H2,1-8H3,(H,33,37)(H,34,36);3H2,1-2H3/b20-18+;. The number of likely N-dealkylation sites (N-methyl/N-ethyl adjacent to an activating group) is 2. The first-order chi connectivity index (χ1) is 19.6. The predicted octanol–water partition coefficient (Wildman–Crippen LogP) is 5.31. The fourth-order valence-electron chi connectivity index (χ4n) is 4.16.